The van der Waals surface area contributed by atoms with Gasteiger partial charge in [0.2, 0.25) is 6.29 Å². The lowest BCUT2D eigenvalue weighted by atomic mass is 9.89. The summed E-state index contributed by atoms with van der Waals surface area (Å²) in [5, 5.41) is 0. The normalized spacial score (nSPS) is 34.5. The van der Waals surface area contributed by atoms with E-state index in [0.717, 1.165) is 12.8 Å². The van der Waals surface area contributed by atoms with E-state index < -0.39 is 6.10 Å². The number of hydrogen-bond donors (Lipinski definition) is 0. The van der Waals surface area contributed by atoms with E-state index in [1.54, 1.807) is 0 Å². The second-order valence-electron chi connectivity index (χ2n) is 3.98. The van der Waals surface area contributed by atoms with Crippen LogP contribution in [0.5, 0.6) is 0 Å². The number of rotatable bonds is 2. The van der Waals surface area contributed by atoms with E-state index in [1.165, 1.54) is 19.3 Å². The fourth-order valence-corrected chi connectivity index (χ4v) is 2.35. The van der Waals surface area contributed by atoms with Crippen molar-refractivity contribution in [1.29, 1.82) is 0 Å². The number of hydrogen-bond acceptors (Lipinski definition) is 3. The number of cyclic esters (lactones) is 1. The van der Waals surface area contributed by atoms with E-state index in [2.05, 4.69) is 0 Å². The minimum atomic E-state index is -0.538. The van der Waals surface area contributed by atoms with Crippen molar-refractivity contribution in [3.63, 3.8) is 0 Å². The fraction of sp³-hybridized carbons (Fsp3) is 0.900. The van der Waals surface area contributed by atoms with Gasteiger partial charge in [0.1, 0.15) is 0 Å². The van der Waals surface area contributed by atoms with Gasteiger partial charge in [-0.2, -0.15) is 0 Å². The summed E-state index contributed by atoms with van der Waals surface area (Å²) in [6.07, 6.45) is 5.06. The summed E-state index contributed by atoms with van der Waals surface area (Å²) >= 11 is 5.58. The Morgan fingerprint density at radius 2 is 2.00 bits per heavy atom. The predicted molar refractivity (Wildman–Crippen MR) is 52.0 cm³/mol. The van der Waals surface area contributed by atoms with Gasteiger partial charge in [0.15, 0.2) is 6.10 Å². The molecule has 2 fully saturated rings. The van der Waals surface area contributed by atoms with Crippen molar-refractivity contribution in [2.45, 2.75) is 44.5 Å². The zero-order chi connectivity index (χ0) is 9.97. The number of ether oxygens (including phenoxy) is 2. The predicted octanol–water partition coefficient (Wildman–Crippen LogP) is 2.07. The third-order valence-corrected chi connectivity index (χ3v) is 3.25. The molecule has 3 nitrogen and oxygen atoms in total. The Bertz CT molecular complexity index is 213. The van der Waals surface area contributed by atoms with Crippen molar-refractivity contribution in [1.82, 2.24) is 0 Å². The Labute approximate surface area is 88.7 Å². The van der Waals surface area contributed by atoms with Crippen molar-refractivity contribution < 1.29 is 14.3 Å². The highest BCUT2D eigenvalue weighted by molar-refractivity contribution is 6.19. The minimum absolute atomic E-state index is 0.196. The van der Waals surface area contributed by atoms with Gasteiger partial charge in [-0.1, -0.05) is 19.3 Å². The molecule has 1 saturated carbocycles. The third kappa shape index (κ3) is 2.04. The Morgan fingerprint density at radius 3 is 2.57 bits per heavy atom. The van der Waals surface area contributed by atoms with Crippen LogP contribution in [0.4, 0.5) is 0 Å². The summed E-state index contributed by atoms with van der Waals surface area (Å²) in [6.45, 7) is 0. The van der Waals surface area contributed by atoms with Crippen molar-refractivity contribution in [3.05, 3.63) is 0 Å². The summed E-state index contributed by atoms with van der Waals surface area (Å²) in [5.74, 6) is 0.290. The molecule has 0 amide bonds. The maximum Gasteiger partial charge on any atom is 0.338 e. The SMILES string of the molecule is O=C1OC(C2CCCCC2)OC1CCl. The smallest absolute Gasteiger partial charge is 0.338 e. The van der Waals surface area contributed by atoms with Crippen LogP contribution in [0.25, 0.3) is 0 Å². The average molecular weight is 219 g/mol. The second kappa shape index (κ2) is 4.49. The summed E-state index contributed by atoms with van der Waals surface area (Å²) < 4.78 is 10.6. The van der Waals surface area contributed by atoms with Crippen molar-refractivity contribution in [2.24, 2.45) is 5.92 Å². The number of carbonyl (C=O) groups is 1. The first-order valence-corrected chi connectivity index (χ1v) is 5.76. The molecule has 0 aromatic carbocycles. The van der Waals surface area contributed by atoms with Gasteiger partial charge in [-0.3, -0.25) is 0 Å². The van der Waals surface area contributed by atoms with Gasteiger partial charge in [0.05, 0.1) is 5.88 Å². The van der Waals surface area contributed by atoms with Crippen LogP contribution < -0.4 is 0 Å². The Morgan fingerprint density at radius 1 is 1.29 bits per heavy atom. The molecular weight excluding hydrogens is 204 g/mol. The molecule has 0 N–H and O–H groups in total. The van der Waals surface area contributed by atoms with Crippen molar-refractivity contribution in [2.75, 3.05) is 5.88 Å². The first-order valence-electron chi connectivity index (χ1n) is 5.23. The molecule has 1 heterocycles. The zero-order valence-electron chi connectivity index (χ0n) is 8.08. The first kappa shape index (κ1) is 10.2. The van der Waals surface area contributed by atoms with E-state index in [0.29, 0.717) is 5.92 Å². The summed E-state index contributed by atoms with van der Waals surface area (Å²) in [4.78, 5) is 11.2. The van der Waals surface area contributed by atoms with E-state index >= 15 is 0 Å². The maximum atomic E-state index is 11.2. The average Bonchev–Trinajstić information content (AvgIpc) is 2.61. The maximum absolute atomic E-state index is 11.2. The summed E-state index contributed by atoms with van der Waals surface area (Å²) in [7, 11) is 0. The quantitative estimate of drug-likeness (QED) is 0.526. The van der Waals surface area contributed by atoms with Crippen molar-refractivity contribution in [3.8, 4) is 0 Å². The molecule has 2 atom stereocenters. The molecular formula is C10H15ClO3. The Balaban J connectivity index is 1.90. The molecule has 1 saturated heterocycles. The van der Waals surface area contributed by atoms with Crippen molar-refractivity contribution >= 4 is 17.6 Å². The van der Waals surface area contributed by atoms with Gasteiger partial charge in [-0.25, -0.2) is 4.79 Å². The standard InChI is InChI=1S/C10H15ClO3/c11-6-8-9(12)14-10(13-8)7-4-2-1-3-5-7/h7-8,10H,1-6H2. The van der Waals surface area contributed by atoms with Gasteiger partial charge in [0, 0.05) is 5.92 Å². The molecule has 2 rings (SSSR count). The highest BCUT2D eigenvalue weighted by Crippen LogP contribution is 2.32. The van der Waals surface area contributed by atoms with Crippen LogP contribution >= 0.6 is 11.6 Å². The zero-order valence-corrected chi connectivity index (χ0v) is 8.83. The highest BCUT2D eigenvalue weighted by atomic mass is 35.5. The fourth-order valence-electron chi connectivity index (χ4n) is 2.15. The van der Waals surface area contributed by atoms with E-state index in [1.807, 2.05) is 0 Å². The lowest BCUT2D eigenvalue weighted by Gasteiger charge is -2.25. The van der Waals surface area contributed by atoms with Gasteiger partial charge < -0.3 is 9.47 Å². The molecule has 1 aliphatic heterocycles. The van der Waals surface area contributed by atoms with Crippen LogP contribution in [0.15, 0.2) is 0 Å². The topological polar surface area (TPSA) is 35.5 Å². The van der Waals surface area contributed by atoms with Crippen LogP contribution in [0, 0.1) is 5.92 Å². The van der Waals surface area contributed by atoms with Crippen LogP contribution in [-0.2, 0) is 14.3 Å². The largest absolute Gasteiger partial charge is 0.433 e. The molecule has 0 spiro atoms. The molecule has 1 aliphatic carbocycles. The van der Waals surface area contributed by atoms with Gasteiger partial charge in [-0.05, 0) is 12.8 Å². The number of alkyl halides is 1. The van der Waals surface area contributed by atoms with Gasteiger partial charge in [-0.15, -0.1) is 11.6 Å². The van der Waals surface area contributed by atoms with E-state index in [9.17, 15) is 4.79 Å². The number of esters is 1. The molecule has 0 aromatic rings. The van der Waals surface area contributed by atoms with Gasteiger partial charge >= 0.3 is 5.97 Å². The number of halogens is 1. The lowest BCUT2D eigenvalue weighted by molar-refractivity contribution is -0.149. The number of carbonyl (C=O) groups excluding carboxylic acids is 1. The molecule has 14 heavy (non-hydrogen) atoms. The van der Waals surface area contributed by atoms with Crippen LogP contribution in [-0.4, -0.2) is 24.2 Å². The third-order valence-electron chi connectivity index (χ3n) is 2.97. The molecule has 80 valence electrons. The van der Waals surface area contributed by atoms with Crippen LogP contribution in [0.1, 0.15) is 32.1 Å². The lowest BCUT2D eigenvalue weighted by Crippen LogP contribution is -2.24. The molecule has 0 radical (unpaired) electrons. The molecule has 2 aliphatic rings. The molecule has 2 unspecified atom stereocenters. The second-order valence-corrected chi connectivity index (χ2v) is 4.29. The van der Waals surface area contributed by atoms with E-state index in [4.69, 9.17) is 21.1 Å². The monoisotopic (exact) mass is 218 g/mol. The highest BCUT2D eigenvalue weighted by Gasteiger charge is 2.39. The van der Waals surface area contributed by atoms with Crippen LogP contribution in [0.2, 0.25) is 0 Å². The minimum Gasteiger partial charge on any atom is -0.433 e. The molecule has 4 heteroatoms. The summed E-state index contributed by atoms with van der Waals surface area (Å²) in [5.41, 5.74) is 0. The molecule has 0 bridgehead atoms. The summed E-state index contributed by atoms with van der Waals surface area (Å²) in [6, 6.07) is 0. The molecule has 0 aromatic heterocycles. The van der Waals surface area contributed by atoms with Gasteiger partial charge in [0.25, 0.3) is 0 Å². The van der Waals surface area contributed by atoms with E-state index in [-0.39, 0.29) is 18.1 Å². The Kier molecular flexibility index (Phi) is 3.29. The van der Waals surface area contributed by atoms with Crippen LogP contribution in [0.3, 0.4) is 0 Å². The first-order chi connectivity index (χ1) is 6.81. The Hall–Kier alpha value is -0.280.